The van der Waals surface area contributed by atoms with E-state index in [9.17, 15) is 18.4 Å². The molecule has 1 rings (SSSR count). The van der Waals surface area contributed by atoms with Crippen molar-refractivity contribution in [2.45, 2.75) is 12.5 Å². The smallest absolute Gasteiger partial charge is 0.326 e. The number of halogens is 2. The molecule has 0 radical (unpaired) electrons. The number of carboxylic acid groups (broad SMARTS) is 1. The molecule has 104 valence electrons. The summed E-state index contributed by atoms with van der Waals surface area (Å²) in [5, 5.41) is 21.5. The van der Waals surface area contributed by atoms with E-state index in [0.29, 0.717) is 6.07 Å². The molecule has 0 spiro atoms. The molecule has 0 fully saturated rings. The van der Waals surface area contributed by atoms with E-state index in [1.807, 2.05) is 0 Å². The second kappa shape index (κ2) is 6.64. The molecule has 0 heterocycles. The Bertz CT molecular complexity index is 462. The van der Waals surface area contributed by atoms with Gasteiger partial charge in [-0.1, -0.05) is 0 Å². The lowest BCUT2D eigenvalue weighted by Gasteiger charge is -2.14. The van der Waals surface area contributed by atoms with E-state index in [2.05, 4.69) is 10.6 Å². The lowest BCUT2D eigenvalue weighted by molar-refractivity contribution is -0.139. The van der Waals surface area contributed by atoms with Crippen LogP contribution in [-0.4, -0.2) is 34.9 Å². The third-order valence-corrected chi connectivity index (χ3v) is 2.14. The fourth-order valence-corrected chi connectivity index (χ4v) is 1.34. The van der Waals surface area contributed by atoms with Crippen molar-refractivity contribution in [2.24, 2.45) is 0 Å². The molecule has 0 aromatic heterocycles. The van der Waals surface area contributed by atoms with Crippen LogP contribution < -0.4 is 10.6 Å². The molecule has 6 nitrogen and oxygen atoms in total. The number of urea groups is 1. The third-order valence-electron chi connectivity index (χ3n) is 2.14. The van der Waals surface area contributed by atoms with Gasteiger partial charge in [-0.2, -0.15) is 0 Å². The first-order valence-electron chi connectivity index (χ1n) is 5.29. The number of carboxylic acids is 1. The van der Waals surface area contributed by atoms with E-state index in [1.165, 1.54) is 0 Å². The predicted octanol–water partition coefficient (Wildman–Crippen LogP) is 0.922. The Morgan fingerprint density at radius 2 is 1.79 bits per heavy atom. The second-order valence-electron chi connectivity index (χ2n) is 3.66. The minimum Gasteiger partial charge on any atom is -0.480 e. The Morgan fingerprint density at radius 1 is 1.21 bits per heavy atom. The van der Waals surface area contributed by atoms with Crippen molar-refractivity contribution in [3.8, 4) is 0 Å². The van der Waals surface area contributed by atoms with Crippen LogP contribution in [0.3, 0.4) is 0 Å². The number of rotatable bonds is 5. The lowest BCUT2D eigenvalue weighted by Crippen LogP contribution is -2.43. The number of amides is 2. The average Bonchev–Trinajstić information content (AvgIpc) is 2.26. The van der Waals surface area contributed by atoms with Gasteiger partial charge >= 0.3 is 12.0 Å². The van der Waals surface area contributed by atoms with Crippen molar-refractivity contribution in [1.29, 1.82) is 0 Å². The maximum atomic E-state index is 12.9. The van der Waals surface area contributed by atoms with Gasteiger partial charge in [-0.3, -0.25) is 0 Å². The van der Waals surface area contributed by atoms with E-state index >= 15 is 0 Å². The molecule has 0 aliphatic carbocycles. The number of aliphatic hydroxyl groups is 1. The van der Waals surface area contributed by atoms with Crippen molar-refractivity contribution >= 4 is 17.7 Å². The van der Waals surface area contributed by atoms with Crippen molar-refractivity contribution < 1.29 is 28.6 Å². The summed E-state index contributed by atoms with van der Waals surface area (Å²) in [6.07, 6.45) is -0.180. The van der Waals surface area contributed by atoms with Gasteiger partial charge in [-0.15, -0.1) is 0 Å². The minimum atomic E-state index is -1.32. The molecule has 0 aliphatic rings. The molecule has 1 aromatic rings. The van der Waals surface area contributed by atoms with Gasteiger partial charge in [0.1, 0.15) is 17.7 Å². The molecule has 0 saturated carbocycles. The Morgan fingerprint density at radius 3 is 2.26 bits per heavy atom. The first kappa shape index (κ1) is 14.8. The second-order valence-corrected chi connectivity index (χ2v) is 3.66. The van der Waals surface area contributed by atoms with Crippen LogP contribution in [0.4, 0.5) is 19.3 Å². The van der Waals surface area contributed by atoms with Crippen molar-refractivity contribution in [3.63, 3.8) is 0 Å². The standard InChI is InChI=1S/C11H12F2N2O4/c12-6-3-7(13)5-8(4-6)14-11(19)15-9(1-2-16)10(17)18/h3-5,9,16H,1-2H2,(H,17,18)(H2,14,15,19)/t9-/m1/s1. The summed E-state index contributed by atoms with van der Waals surface area (Å²) in [6.45, 7) is -0.425. The van der Waals surface area contributed by atoms with E-state index in [0.717, 1.165) is 12.1 Å². The molecular weight excluding hydrogens is 262 g/mol. The zero-order valence-electron chi connectivity index (χ0n) is 9.69. The van der Waals surface area contributed by atoms with Gasteiger partial charge in [-0.05, 0) is 12.1 Å². The Balaban J connectivity index is 2.66. The number of benzene rings is 1. The Kier molecular flexibility index (Phi) is 5.19. The molecule has 0 saturated heterocycles. The maximum Gasteiger partial charge on any atom is 0.326 e. The number of aliphatic carboxylic acids is 1. The molecule has 8 heteroatoms. The first-order chi connectivity index (χ1) is 8.92. The van der Waals surface area contributed by atoms with Crippen LogP contribution >= 0.6 is 0 Å². The molecule has 2 amide bonds. The van der Waals surface area contributed by atoms with Gasteiger partial charge in [0.15, 0.2) is 0 Å². The van der Waals surface area contributed by atoms with Crippen molar-refractivity contribution in [3.05, 3.63) is 29.8 Å². The zero-order chi connectivity index (χ0) is 14.4. The van der Waals surface area contributed by atoms with Gasteiger partial charge in [0.05, 0.1) is 0 Å². The predicted molar refractivity (Wildman–Crippen MR) is 61.6 cm³/mol. The minimum absolute atomic E-state index is 0.150. The number of anilines is 1. The summed E-state index contributed by atoms with van der Waals surface area (Å²) in [4.78, 5) is 22.1. The average molecular weight is 274 g/mol. The van der Waals surface area contributed by atoms with Gasteiger partial charge in [0.25, 0.3) is 0 Å². The van der Waals surface area contributed by atoms with Crippen LogP contribution in [0, 0.1) is 11.6 Å². The van der Waals surface area contributed by atoms with E-state index in [-0.39, 0.29) is 12.1 Å². The molecule has 4 N–H and O–H groups in total. The first-order valence-corrected chi connectivity index (χ1v) is 5.29. The van der Waals surface area contributed by atoms with E-state index in [4.69, 9.17) is 10.2 Å². The number of nitrogens with one attached hydrogen (secondary N) is 2. The fourth-order valence-electron chi connectivity index (χ4n) is 1.34. The topological polar surface area (TPSA) is 98.7 Å². The summed E-state index contributed by atoms with van der Waals surface area (Å²) >= 11 is 0. The Hall–Kier alpha value is -2.22. The quantitative estimate of drug-likeness (QED) is 0.641. The van der Waals surface area contributed by atoms with Crippen LogP contribution in [0.15, 0.2) is 18.2 Å². The summed E-state index contributed by atoms with van der Waals surface area (Å²) in [5.74, 6) is -3.07. The third kappa shape index (κ3) is 4.88. The number of hydrogen-bond donors (Lipinski definition) is 4. The zero-order valence-corrected chi connectivity index (χ0v) is 9.69. The van der Waals surface area contributed by atoms with Gasteiger partial charge < -0.3 is 20.8 Å². The highest BCUT2D eigenvalue weighted by Crippen LogP contribution is 2.12. The van der Waals surface area contributed by atoms with E-state index < -0.39 is 36.3 Å². The Labute approximate surface area is 107 Å². The molecular formula is C11H12F2N2O4. The van der Waals surface area contributed by atoms with Gasteiger partial charge in [-0.25, -0.2) is 18.4 Å². The van der Waals surface area contributed by atoms with Crippen molar-refractivity contribution in [1.82, 2.24) is 5.32 Å². The number of aliphatic hydroxyl groups excluding tert-OH is 1. The van der Waals surface area contributed by atoms with Crippen LogP contribution in [0.2, 0.25) is 0 Å². The van der Waals surface area contributed by atoms with Crippen LogP contribution in [0.25, 0.3) is 0 Å². The number of hydrogen-bond acceptors (Lipinski definition) is 3. The van der Waals surface area contributed by atoms with Crippen LogP contribution in [-0.2, 0) is 4.79 Å². The van der Waals surface area contributed by atoms with Crippen molar-refractivity contribution in [2.75, 3.05) is 11.9 Å². The molecule has 1 atom stereocenters. The number of carbonyl (C=O) groups is 2. The fraction of sp³-hybridized carbons (Fsp3) is 0.273. The van der Waals surface area contributed by atoms with Gasteiger partial charge in [0.2, 0.25) is 0 Å². The molecule has 19 heavy (non-hydrogen) atoms. The van der Waals surface area contributed by atoms with E-state index in [1.54, 1.807) is 0 Å². The maximum absolute atomic E-state index is 12.9. The summed E-state index contributed by atoms with van der Waals surface area (Å²) in [5.41, 5.74) is -0.150. The highest BCUT2D eigenvalue weighted by molar-refractivity contribution is 5.92. The summed E-state index contributed by atoms with van der Waals surface area (Å²) < 4.78 is 25.7. The molecule has 0 bridgehead atoms. The van der Waals surface area contributed by atoms with Gasteiger partial charge in [0, 0.05) is 24.8 Å². The highest BCUT2D eigenvalue weighted by atomic mass is 19.1. The molecule has 0 aliphatic heterocycles. The summed E-state index contributed by atoms with van der Waals surface area (Å²) in [6, 6.07) is 0.165. The highest BCUT2D eigenvalue weighted by Gasteiger charge is 2.19. The molecule has 0 unspecified atom stereocenters. The normalized spacial score (nSPS) is 11.7. The number of carbonyl (C=O) groups excluding carboxylic acids is 1. The van der Waals surface area contributed by atoms with Crippen LogP contribution in [0.5, 0.6) is 0 Å². The van der Waals surface area contributed by atoms with Crippen LogP contribution in [0.1, 0.15) is 6.42 Å². The summed E-state index contributed by atoms with van der Waals surface area (Å²) in [7, 11) is 0. The lowest BCUT2D eigenvalue weighted by atomic mass is 10.2. The SMILES string of the molecule is O=C(Nc1cc(F)cc(F)c1)N[C@H](CCO)C(=O)O. The monoisotopic (exact) mass is 274 g/mol. The largest absolute Gasteiger partial charge is 0.480 e. The molecule has 1 aromatic carbocycles.